The second kappa shape index (κ2) is 5.39. The minimum Gasteiger partial charge on any atom is -0.467 e. The van der Waals surface area contributed by atoms with Crippen molar-refractivity contribution >= 4 is 21.6 Å². The molecule has 0 spiro atoms. The van der Waals surface area contributed by atoms with Crippen LogP contribution in [0.2, 0.25) is 0 Å². The second-order valence-electron chi connectivity index (χ2n) is 4.88. The Morgan fingerprint density at radius 1 is 1.32 bits per heavy atom. The molecule has 1 aromatic heterocycles. The zero-order valence-corrected chi connectivity index (χ0v) is 12.1. The van der Waals surface area contributed by atoms with E-state index in [2.05, 4.69) is 26.9 Å². The number of nitrogens with zero attached hydrogens (tertiary/aromatic N) is 1. The van der Waals surface area contributed by atoms with Gasteiger partial charge in [-0.15, -0.1) is 0 Å². The molecular formula is C15H16BrNO2. The van der Waals surface area contributed by atoms with Gasteiger partial charge in [-0.2, -0.15) is 0 Å². The first kappa shape index (κ1) is 12.8. The Kier molecular flexibility index (Phi) is 3.62. The van der Waals surface area contributed by atoms with Crippen molar-refractivity contribution in [1.29, 1.82) is 0 Å². The van der Waals surface area contributed by atoms with E-state index in [0.717, 1.165) is 28.0 Å². The van der Waals surface area contributed by atoms with E-state index >= 15 is 0 Å². The second-order valence-corrected chi connectivity index (χ2v) is 5.74. The van der Waals surface area contributed by atoms with Crippen molar-refractivity contribution in [3.8, 4) is 0 Å². The zero-order chi connectivity index (χ0) is 13.2. The molecule has 4 heteroatoms. The highest BCUT2D eigenvalue weighted by Crippen LogP contribution is 2.37. The average molecular weight is 322 g/mol. The number of hydrogen-bond acceptors (Lipinski definition) is 3. The fourth-order valence-corrected chi connectivity index (χ4v) is 2.90. The molecule has 1 aliphatic rings. The topological polar surface area (TPSA) is 36.6 Å². The minimum atomic E-state index is 0.0699. The van der Waals surface area contributed by atoms with Crippen LogP contribution in [0.3, 0.4) is 0 Å². The summed E-state index contributed by atoms with van der Waals surface area (Å²) in [6, 6.07) is 10.5. The first-order chi connectivity index (χ1) is 9.28. The first-order valence-electron chi connectivity index (χ1n) is 6.46. The number of furan rings is 1. The standard InChI is InChI=1S/C15H16BrNO2/c16-14-8-11(10-18)3-6-15(14)17(12-4-5-12)9-13-2-1-7-19-13/h1-3,6-8,12,18H,4-5,9-10H2. The molecule has 3 rings (SSSR count). The average Bonchev–Trinajstić information content (AvgIpc) is 3.14. The lowest BCUT2D eigenvalue weighted by molar-refractivity contribution is 0.282. The third-order valence-corrected chi connectivity index (χ3v) is 4.03. The lowest BCUT2D eigenvalue weighted by atomic mass is 10.2. The van der Waals surface area contributed by atoms with Crippen LogP contribution in [0.1, 0.15) is 24.2 Å². The van der Waals surface area contributed by atoms with Gasteiger partial charge < -0.3 is 14.4 Å². The molecule has 2 aromatic rings. The van der Waals surface area contributed by atoms with Crippen molar-refractivity contribution in [2.24, 2.45) is 0 Å². The van der Waals surface area contributed by atoms with Gasteiger partial charge in [0.15, 0.2) is 0 Å². The largest absolute Gasteiger partial charge is 0.467 e. The van der Waals surface area contributed by atoms with Crippen LogP contribution in [0.5, 0.6) is 0 Å². The van der Waals surface area contributed by atoms with Crippen molar-refractivity contribution in [3.63, 3.8) is 0 Å². The van der Waals surface area contributed by atoms with Gasteiger partial charge in [0.2, 0.25) is 0 Å². The van der Waals surface area contributed by atoms with E-state index in [9.17, 15) is 5.11 Å². The van der Waals surface area contributed by atoms with Crippen LogP contribution >= 0.6 is 15.9 Å². The molecule has 1 aromatic carbocycles. The van der Waals surface area contributed by atoms with Crippen LogP contribution in [0.4, 0.5) is 5.69 Å². The predicted octanol–water partition coefficient (Wildman–Crippen LogP) is 3.70. The molecule has 100 valence electrons. The van der Waals surface area contributed by atoms with Crippen LogP contribution in [0, 0.1) is 0 Å². The van der Waals surface area contributed by atoms with E-state index in [0.29, 0.717) is 6.04 Å². The lowest BCUT2D eigenvalue weighted by Gasteiger charge is -2.25. The number of aliphatic hydroxyl groups excluding tert-OH is 1. The fraction of sp³-hybridized carbons (Fsp3) is 0.333. The Morgan fingerprint density at radius 3 is 2.74 bits per heavy atom. The lowest BCUT2D eigenvalue weighted by Crippen LogP contribution is -2.25. The smallest absolute Gasteiger partial charge is 0.123 e. The van der Waals surface area contributed by atoms with Gasteiger partial charge in [0.05, 0.1) is 25.1 Å². The van der Waals surface area contributed by atoms with E-state index in [1.807, 2.05) is 24.3 Å². The van der Waals surface area contributed by atoms with Crippen molar-refractivity contribution in [2.45, 2.75) is 32.0 Å². The van der Waals surface area contributed by atoms with Gasteiger partial charge in [-0.3, -0.25) is 0 Å². The Bertz CT molecular complexity index is 549. The summed E-state index contributed by atoms with van der Waals surface area (Å²) in [4.78, 5) is 2.37. The summed E-state index contributed by atoms with van der Waals surface area (Å²) < 4.78 is 6.48. The Labute approximate surface area is 121 Å². The van der Waals surface area contributed by atoms with Gasteiger partial charge in [-0.25, -0.2) is 0 Å². The number of benzene rings is 1. The molecule has 0 aliphatic heterocycles. The summed E-state index contributed by atoms with van der Waals surface area (Å²) in [5.74, 6) is 0.977. The SMILES string of the molecule is OCc1ccc(N(Cc2ccco2)C2CC2)c(Br)c1. The third-order valence-electron chi connectivity index (χ3n) is 3.40. The number of hydrogen-bond donors (Lipinski definition) is 1. The molecule has 0 radical (unpaired) electrons. The Morgan fingerprint density at radius 2 is 2.16 bits per heavy atom. The van der Waals surface area contributed by atoms with Crippen LogP contribution in [-0.2, 0) is 13.2 Å². The van der Waals surface area contributed by atoms with Crippen molar-refractivity contribution in [1.82, 2.24) is 0 Å². The van der Waals surface area contributed by atoms with E-state index in [1.165, 1.54) is 12.8 Å². The summed E-state index contributed by atoms with van der Waals surface area (Å²) in [5.41, 5.74) is 2.08. The van der Waals surface area contributed by atoms with E-state index in [4.69, 9.17) is 4.42 Å². The molecule has 1 saturated carbocycles. The summed E-state index contributed by atoms with van der Waals surface area (Å²) in [6.45, 7) is 0.856. The molecular weight excluding hydrogens is 306 g/mol. The first-order valence-corrected chi connectivity index (χ1v) is 7.25. The van der Waals surface area contributed by atoms with Crippen LogP contribution in [0.15, 0.2) is 45.5 Å². The molecule has 1 fully saturated rings. The third kappa shape index (κ3) is 2.85. The highest BCUT2D eigenvalue weighted by Gasteiger charge is 2.30. The van der Waals surface area contributed by atoms with E-state index < -0.39 is 0 Å². The summed E-state index contributed by atoms with van der Waals surface area (Å²) in [7, 11) is 0. The normalized spacial score (nSPS) is 14.6. The molecule has 0 saturated heterocycles. The highest BCUT2D eigenvalue weighted by atomic mass is 79.9. The van der Waals surface area contributed by atoms with Gasteiger partial charge in [0.25, 0.3) is 0 Å². The summed E-state index contributed by atoms with van der Waals surface area (Å²) >= 11 is 3.61. The molecule has 0 bridgehead atoms. The molecule has 1 aliphatic carbocycles. The van der Waals surface area contributed by atoms with Crippen LogP contribution in [0.25, 0.3) is 0 Å². The summed E-state index contributed by atoms with van der Waals surface area (Å²) in [5, 5.41) is 9.17. The zero-order valence-electron chi connectivity index (χ0n) is 10.6. The molecule has 1 heterocycles. The number of rotatable bonds is 5. The molecule has 0 atom stereocenters. The van der Waals surface area contributed by atoms with Gasteiger partial charge >= 0.3 is 0 Å². The van der Waals surface area contributed by atoms with Crippen molar-refractivity contribution < 1.29 is 9.52 Å². The number of anilines is 1. The maximum Gasteiger partial charge on any atom is 0.123 e. The predicted molar refractivity (Wildman–Crippen MR) is 78.0 cm³/mol. The van der Waals surface area contributed by atoms with Crippen LogP contribution in [-0.4, -0.2) is 11.1 Å². The minimum absolute atomic E-state index is 0.0699. The fourth-order valence-electron chi connectivity index (χ4n) is 2.25. The number of aliphatic hydroxyl groups is 1. The van der Waals surface area contributed by atoms with E-state index in [1.54, 1.807) is 6.26 Å². The molecule has 0 unspecified atom stereocenters. The summed E-state index contributed by atoms with van der Waals surface area (Å²) in [6.07, 6.45) is 4.17. The van der Waals surface area contributed by atoms with Gasteiger partial charge in [0.1, 0.15) is 5.76 Å². The molecule has 0 amide bonds. The van der Waals surface area contributed by atoms with Crippen molar-refractivity contribution in [3.05, 3.63) is 52.4 Å². The highest BCUT2D eigenvalue weighted by molar-refractivity contribution is 9.10. The van der Waals surface area contributed by atoms with E-state index in [-0.39, 0.29) is 6.61 Å². The van der Waals surface area contributed by atoms with Crippen LogP contribution < -0.4 is 4.90 Å². The molecule has 19 heavy (non-hydrogen) atoms. The maximum absolute atomic E-state index is 9.17. The van der Waals surface area contributed by atoms with Gasteiger partial charge in [0, 0.05) is 10.5 Å². The molecule has 1 N–H and O–H groups in total. The monoisotopic (exact) mass is 321 g/mol. The Hall–Kier alpha value is -1.26. The van der Waals surface area contributed by atoms with Crippen molar-refractivity contribution in [2.75, 3.05) is 4.90 Å². The maximum atomic E-state index is 9.17. The van der Waals surface area contributed by atoms with Gasteiger partial charge in [-0.05, 0) is 58.6 Å². The quantitative estimate of drug-likeness (QED) is 0.912. The van der Waals surface area contributed by atoms with Gasteiger partial charge in [-0.1, -0.05) is 6.07 Å². The number of halogens is 1. The Balaban J connectivity index is 1.87. The molecule has 3 nitrogen and oxygen atoms in total.